The van der Waals surface area contributed by atoms with E-state index in [9.17, 15) is 0 Å². The summed E-state index contributed by atoms with van der Waals surface area (Å²) in [7, 11) is 1.89. The molecule has 21 heavy (non-hydrogen) atoms. The summed E-state index contributed by atoms with van der Waals surface area (Å²) in [5.74, 6) is 1.57. The Morgan fingerprint density at radius 3 is 2.76 bits per heavy atom. The first kappa shape index (κ1) is 14.2. The second-order valence-electron chi connectivity index (χ2n) is 4.85. The third-order valence-corrected chi connectivity index (χ3v) is 3.77. The van der Waals surface area contributed by atoms with Gasteiger partial charge in [0.15, 0.2) is 11.5 Å². The van der Waals surface area contributed by atoms with Crippen LogP contribution in [-0.2, 0) is 0 Å². The molecule has 2 heterocycles. The van der Waals surface area contributed by atoms with Crippen LogP contribution in [0.5, 0.6) is 11.5 Å². The van der Waals surface area contributed by atoms with Crippen LogP contribution in [0, 0.1) is 0 Å². The van der Waals surface area contributed by atoms with Gasteiger partial charge in [-0.1, -0.05) is 17.7 Å². The molecule has 110 valence electrons. The number of aromatic nitrogens is 1. The molecular formula is C16H17ClN2O2. The van der Waals surface area contributed by atoms with Gasteiger partial charge in [-0.25, -0.2) is 0 Å². The van der Waals surface area contributed by atoms with E-state index in [1.165, 1.54) is 0 Å². The number of nitrogens with zero attached hydrogens (tertiary/aromatic N) is 1. The van der Waals surface area contributed by atoms with Gasteiger partial charge in [0.05, 0.1) is 30.0 Å². The van der Waals surface area contributed by atoms with Gasteiger partial charge in [0.25, 0.3) is 0 Å². The average molecular weight is 305 g/mol. The zero-order chi connectivity index (χ0) is 14.7. The number of halogens is 1. The van der Waals surface area contributed by atoms with Crippen molar-refractivity contribution in [3.63, 3.8) is 0 Å². The number of hydrogen-bond donors (Lipinski definition) is 1. The molecule has 3 rings (SSSR count). The van der Waals surface area contributed by atoms with Crippen LogP contribution in [0.25, 0.3) is 0 Å². The highest BCUT2D eigenvalue weighted by atomic mass is 35.5. The molecule has 0 bridgehead atoms. The number of fused-ring (bicyclic) bond motifs is 1. The van der Waals surface area contributed by atoms with E-state index < -0.39 is 0 Å². The lowest BCUT2D eigenvalue weighted by Gasteiger charge is -2.18. The van der Waals surface area contributed by atoms with Gasteiger partial charge in [-0.15, -0.1) is 0 Å². The first-order valence-electron chi connectivity index (χ1n) is 6.97. The molecule has 0 radical (unpaired) electrons. The highest BCUT2D eigenvalue weighted by Gasteiger charge is 2.19. The minimum absolute atomic E-state index is 0.0872. The number of rotatable bonds is 3. The van der Waals surface area contributed by atoms with Crippen molar-refractivity contribution in [1.29, 1.82) is 0 Å². The smallest absolute Gasteiger partial charge is 0.161 e. The normalized spacial score (nSPS) is 15.3. The van der Waals surface area contributed by atoms with Gasteiger partial charge < -0.3 is 14.8 Å². The highest BCUT2D eigenvalue weighted by Crippen LogP contribution is 2.34. The maximum Gasteiger partial charge on any atom is 0.161 e. The van der Waals surface area contributed by atoms with Crippen LogP contribution in [0.15, 0.2) is 36.5 Å². The fourth-order valence-corrected chi connectivity index (χ4v) is 2.66. The van der Waals surface area contributed by atoms with Crippen LogP contribution >= 0.6 is 11.6 Å². The molecule has 1 unspecified atom stereocenters. The molecule has 1 aromatic carbocycles. The van der Waals surface area contributed by atoms with Crippen molar-refractivity contribution in [2.45, 2.75) is 12.5 Å². The fourth-order valence-electron chi connectivity index (χ4n) is 2.43. The van der Waals surface area contributed by atoms with Crippen LogP contribution < -0.4 is 14.8 Å². The first-order valence-corrected chi connectivity index (χ1v) is 7.34. The molecule has 0 spiro atoms. The summed E-state index contributed by atoms with van der Waals surface area (Å²) < 4.78 is 11.4. The molecule has 5 heteroatoms. The van der Waals surface area contributed by atoms with E-state index in [2.05, 4.69) is 10.3 Å². The fraction of sp³-hybridized carbons (Fsp3) is 0.312. The van der Waals surface area contributed by atoms with E-state index in [0.717, 1.165) is 29.2 Å². The second-order valence-corrected chi connectivity index (χ2v) is 5.26. The molecule has 4 nitrogen and oxygen atoms in total. The summed E-state index contributed by atoms with van der Waals surface area (Å²) in [6, 6.07) is 9.53. The van der Waals surface area contributed by atoms with E-state index in [-0.39, 0.29) is 6.04 Å². The zero-order valence-electron chi connectivity index (χ0n) is 11.8. The molecule has 1 N–H and O–H groups in total. The van der Waals surface area contributed by atoms with Crippen LogP contribution in [0.1, 0.15) is 23.7 Å². The molecule has 1 atom stereocenters. The summed E-state index contributed by atoms with van der Waals surface area (Å²) in [6.07, 6.45) is 2.64. The van der Waals surface area contributed by atoms with Crippen LogP contribution in [0.2, 0.25) is 5.02 Å². The zero-order valence-corrected chi connectivity index (χ0v) is 12.6. The average Bonchev–Trinajstić information content (AvgIpc) is 2.75. The van der Waals surface area contributed by atoms with Crippen LogP contribution in [-0.4, -0.2) is 25.2 Å². The molecule has 0 saturated heterocycles. The lowest BCUT2D eigenvalue weighted by molar-refractivity contribution is 0.297. The summed E-state index contributed by atoms with van der Waals surface area (Å²) in [6.45, 7) is 1.36. The van der Waals surface area contributed by atoms with Crippen molar-refractivity contribution in [1.82, 2.24) is 10.3 Å². The minimum Gasteiger partial charge on any atom is -0.490 e. The van der Waals surface area contributed by atoms with E-state index in [1.807, 2.05) is 37.4 Å². The summed E-state index contributed by atoms with van der Waals surface area (Å²) >= 11 is 6.26. The summed E-state index contributed by atoms with van der Waals surface area (Å²) in [5.41, 5.74) is 1.85. The van der Waals surface area contributed by atoms with E-state index in [4.69, 9.17) is 21.1 Å². The standard InChI is InChI=1S/C16H17ClN2O2/c1-18-15(16-12(17)4-2-7-19-16)11-5-6-13-14(10-11)21-9-3-8-20-13/h2,4-7,10,15,18H,3,8-9H2,1H3. The predicted molar refractivity (Wildman–Crippen MR) is 82.2 cm³/mol. The van der Waals surface area contributed by atoms with Crippen LogP contribution in [0.4, 0.5) is 0 Å². The number of pyridine rings is 1. The Balaban J connectivity index is 1.98. The largest absolute Gasteiger partial charge is 0.490 e. The molecule has 2 aromatic rings. The SMILES string of the molecule is CNC(c1ccc2c(c1)OCCCO2)c1ncccc1Cl. The lowest BCUT2D eigenvalue weighted by atomic mass is 10.0. The predicted octanol–water partition coefficient (Wildman–Crippen LogP) is 3.21. The molecule has 0 saturated carbocycles. The Hall–Kier alpha value is -1.78. The van der Waals surface area contributed by atoms with Crippen molar-refractivity contribution in [2.75, 3.05) is 20.3 Å². The number of ether oxygens (including phenoxy) is 2. The van der Waals surface area contributed by atoms with Gasteiger partial charge in [0.1, 0.15) is 0 Å². The Kier molecular flexibility index (Phi) is 4.27. The Bertz CT molecular complexity index is 633. The Morgan fingerprint density at radius 1 is 1.19 bits per heavy atom. The summed E-state index contributed by atoms with van der Waals surface area (Å²) in [5, 5.41) is 3.90. The molecular weight excluding hydrogens is 288 g/mol. The number of nitrogens with one attached hydrogen (secondary N) is 1. The highest BCUT2D eigenvalue weighted by molar-refractivity contribution is 6.31. The Morgan fingerprint density at radius 2 is 2.00 bits per heavy atom. The molecule has 1 aromatic heterocycles. The van der Waals surface area contributed by atoms with Gasteiger partial charge in [0, 0.05) is 12.6 Å². The topological polar surface area (TPSA) is 43.4 Å². The third-order valence-electron chi connectivity index (χ3n) is 3.45. The molecule has 1 aliphatic heterocycles. The van der Waals surface area contributed by atoms with Crippen molar-refractivity contribution >= 4 is 11.6 Å². The lowest BCUT2D eigenvalue weighted by Crippen LogP contribution is -2.19. The third kappa shape index (κ3) is 2.96. The van der Waals surface area contributed by atoms with Crippen molar-refractivity contribution in [3.8, 4) is 11.5 Å². The van der Waals surface area contributed by atoms with Gasteiger partial charge in [-0.3, -0.25) is 4.98 Å². The quantitative estimate of drug-likeness (QED) is 0.945. The molecule has 0 aliphatic carbocycles. The minimum atomic E-state index is -0.0872. The Labute approximate surface area is 129 Å². The van der Waals surface area contributed by atoms with E-state index >= 15 is 0 Å². The van der Waals surface area contributed by atoms with Gasteiger partial charge in [-0.2, -0.15) is 0 Å². The maximum atomic E-state index is 6.26. The van der Waals surface area contributed by atoms with E-state index in [1.54, 1.807) is 6.20 Å². The van der Waals surface area contributed by atoms with Crippen molar-refractivity contribution < 1.29 is 9.47 Å². The van der Waals surface area contributed by atoms with Crippen LogP contribution in [0.3, 0.4) is 0 Å². The molecule has 0 fully saturated rings. The molecule has 1 aliphatic rings. The second kappa shape index (κ2) is 6.33. The number of benzene rings is 1. The van der Waals surface area contributed by atoms with Gasteiger partial charge >= 0.3 is 0 Å². The first-order chi connectivity index (χ1) is 10.3. The van der Waals surface area contributed by atoms with Crippen molar-refractivity contribution in [3.05, 3.63) is 52.8 Å². The van der Waals surface area contributed by atoms with E-state index in [0.29, 0.717) is 18.2 Å². The molecule has 0 amide bonds. The van der Waals surface area contributed by atoms with Gasteiger partial charge in [-0.05, 0) is 36.9 Å². The van der Waals surface area contributed by atoms with Gasteiger partial charge in [0.2, 0.25) is 0 Å². The maximum absolute atomic E-state index is 6.26. The summed E-state index contributed by atoms with van der Waals surface area (Å²) in [4.78, 5) is 4.39. The monoisotopic (exact) mass is 304 g/mol. The number of hydrogen-bond acceptors (Lipinski definition) is 4. The van der Waals surface area contributed by atoms with Crippen molar-refractivity contribution in [2.24, 2.45) is 0 Å².